The lowest BCUT2D eigenvalue weighted by Gasteiger charge is -2.29. The van der Waals surface area contributed by atoms with E-state index in [9.17, 15) is 26.3 Å². The van der Waals surface area contributed by atoms with Crippen LogP contribution < -0.4 is 9.80 Å². The molecule has 0 saturated heterocycles. The summed E-state index contributed by atoms with van der Waals surface area (Å²) in [5.41, 5.74) is 1.41. The minimum absolute atomic E-state index is 0.116. The van der Waals surface area contributed by atoms with Gasteiger partial charge in [-0.25, -0.2) is 0 Å². The minimum atomic E-state index is -4.43. The van der Waals surface area contributed by atoms with E-state index in [1.54, 1.807) is 12.1 Å². The van der Waals surface area contributed by atoms with Crippen LogP contribution in [0.5, 0.6) is 0 Å². The summed E-state index contributed by atoms with van der Waals surface area (Å²) in [4.78, 5) is 3.27. The molecule has 236 valence electrons. The van der Waals surface area contributed by atoms with E-state index in [1.807, 2.05) is 39.8 Å². The number of benzene rings is 2. The van der Waals surface area contributed by atoms with Gasteiger partial charge in [-0.05, 0) is 92.6 Å². The molecule has 0 fully saturated rings. The van der Waals surface area contributed by atoms with E-state index in [1.165, 1.54) is 18.2 Å². The van der Waals surface area contributed by atoms with Crippen LogP contribution in [0.4, 0.5) is 37.7 Å². The normalized spacial score (nSPS) is 22.3. The number of quaternary nitrogens is 1. The predicted molar refractivity (Wildman–Crippen MR) is 162 cm³/mol. The summed E-state index contributed by atoms with van der Waals surface area (Å²) in [6, 6.07) is 8.00. The van der Waals surface area contributed by atoms with E-state index in [0.717, 1.165) is 47.4 Å². The zero-order valence-corrected chi connectivity index (χ0v) is 26.5. The first-order valence-electron chi connectivity index (χ1n) is 15.2. The van der Waals surface area contributed by atoms with Crippen molar-refractivity contribution in [1.29, 1.82) is 0 Å². The summed E-state index contributed by atoms with van der Waals surface area (Å²) >= 11 is 0. The van der Waals surface area contributed by atoms with E-state index in [-0.39, 0.29) is 6.04 Å². The number of rotatable bonds is 8. The standard InChI is InChI=1S/C35H44F6N2/c1-22(2)16-18-42-28-14-12-24(34(36,37)38)20-26(28)32(5,6)30(42)10-9-11-31-33(7,8)27-21-25(35(39,40)41)13-15-29(27)43(31)19-17-23(3)4/h9-15,20-23,30H,16-19H2,1-8H3/p+1. The Morgan fingerprint density at radius 1 is 0.814 bits per heavy atom. The fourth-order valence-electron chi connectivity index (χ4n) is 6.63. The van der Waals surface area contributed by atoms with Crippen LogP contribution in [0, 0.1) is 11.8 Å². The molecule has 2 aromatic carbocycles. The maximum absolute atomic E-state index is 13.7. The molecule has 2 heterocycles. The highest BCUT2D eigenvalue weighted by molar-refractivity contribution is 5.71. The Kier molecular flexibility index (Phi) is 8.98. The fraction of sp³-hybridized carbons (Fsp3) is 0.543. The zero-order chi connectivity index (χ0) is 32.1. The van der Waals surface area contributed by atoms with Crippen molar-refractivity contribution in [3.8, 4) is 0 Å². The molecular weight excluding hydrogens is 562 g/mol. The molecule has 8 heteroatoms. The number of nitrogens with one attached hydrogen (secondary N) is 1. The third-order valence-electron chi connectivity index (χ3n) is 9.24. The van der Waals surface area contributed by atoms with Crippen molar-refractivity contribution in [2.45, 2.75) is 97.5 Å². The molecule has 2 nitrogen and oxygen atoms in total. The molecule has 43 heavy (non-hydrogen) atoms. The van der Waals surface area contributed by atoms with E-state index in [4.69, 9.17) is 0 Å². The van der Waals surface area contributed by atoms with Gasteiger partial charge in [-0.1, -0.05) is 47.6 Å². The number of anilines is 1. The minimum Gasteiger partial charge on any atom is -0.344 e. The summed E-state index contributed by atoms with van der Waals surface area (Å²) in [7, 11) is 0. The van der Waals surface area contributed by atoms with Gasteiger partial charge in [-0.15, -0.1) is 0 Å². The van der Waals surface area contributed by atoms with Gasteiger partial charge in [-0.3, -0.25) is 4.90 Å². The van der Waals surface area contributed by atoms with E-state index in [2.05, 4.69) is 38.7 Å². The van der Waals surface area contributed by atoms with Gasteiger partial charge in [0.2, 0.25) is 0 Å². The van der Waals surface area contributed by atoms with Crippen LogP contribution in [0.2, 0.25) is 0 Å². The van der Waals surface area contributed by atoms with E-state index in [0.29, 0.717) is 29.5 Å². The molecule has 0 amide bonds. The van der Waals surface area contributed by atoms with Crippen LogP contribution in [0.15, 0.2) is 60.3 Å². The molecule has 0 saturated carbocycles. The van der Waals surface area contributed by atoms with Crippen LogP contribution in [0.1, 0.15) is 90.5 Å². The number of nitrogens with zero attached hydrogens (tertiary/aromatic N) is 1. The molecular formula is C35H45F6N2+. The van der Waals surface area contributed by atoms with E-state index < -0.39 is 34.3 Å². The second-order valence-electron chi connectivity index (χ2n) is 14.0. The van der Waals surface area contributed by atoms with Gasteiger partial charge >= 0.3 is 12.4 Å². The van der Waals surface area contributed by atoms with Gasteiger partial charge in [0.15, 0.2) is 0 Å². The van der Waals surface area contributed by atoms with Crippen molar-refractivity contribution >= 4 is 11.4 Å². The average molecular weight is 608 g/mol. The number of alkyl halides is 6. The lowest BCUT2D eigenvalue weighted by Crippen LogP contribution is -3.10. The molecule has 0 aromatic heterocycles. The number of fused-ring (bicyclic) bond motifs is 2. The topological polar surface area (TPSA) is 7.68 Å². The zero-order valence-electron chi connectivity index (χ0n) is 26.5. The van der Waals surface area contributed by atoms with E-state index >= 15 is 0 Å². The number of halogens is 6. The fourth-order valence-corrected chi connectivity index (χ4v) is 6.63. The predicted octanol–water partition coefficient (Wildman–Crippen LogP) is 9.23. The highest BCUT2D eigenvalue weighted by Crippen LogP contribution is 2.50. The Hall–Kier alpha value is -2.74. The first kappa shape index (κ1) is 33.2. The van der Waals surface area contributed by atoms with Crippen molar-refractivity contribution in [3.63, 3.8) is 0 Å². The van der Waals surface area contributed by atoms with Gasteiger partial charge in [0.05, 0.1) is 23.1 Å². The van der Waals surface area contributed by atoms with Crippen molar-refractivity contribution < 1.29 is 31.2 Å². The second-order valence-corrected chi connectivity index (χ2v) is 14.0. The summed E-state index contributed by atoms with van der Waals surface area (Å²) in [5.74, 6) is 0.852. The van der Waals surface area contributed by atoms with Gasteiger partial charge < -0.3 is 4.90 Å². The Labute approximate surface area is 252 Å². The summed E-state index contributed by atoms with van der Waals surface area (Å²) in [6.07, 6.45) is -1.02. The molecule has 2 unspecified atom stereocenters. The molecule has 2 atom stereocenters. The second kappa shape index (κ2) is 11.6. The van der Waals surface area contributed by atoms with Crippen LogP contribution in [0.3, 0.4) is 0 Å². The van der Waals surface area contributed by atoms with Crippen LogP contribution in [-0.4, -0.2) is 19.1 Å². The Balaban J connectivity index is 1.76. The molecule has 0 radical (unpaired) electrons. The lowest BCUT2D eigenvalue weighted by atomic mass is 9.79. The molecule has 0 bridgehead atoms. The average Bonchev–Trinajstić information content (AvgIpc) is 3.23. The highest BCUT2D eigenvalue weighted by atomic mass is 19.4. The molecule has 2 aliphatic rings. The third-order valence-corrected chi connectivity index (χ3v) is 9.24. The van der Waals surface area contributed by atoms with Gasteiger partial charge in [0, 0.05) is 28.9 Å². The van der Waals surface area contributed by atoms with Crippen molar-refractivity contribution in [2.75, 3.05) is 18.0 Å². The summed E-state index contributed by atoms with van der Waals surface area (Å²) in [6.45, 7) is 17.9. The smallest absolute Gasteiger partial charge is 0.344 e. The number of allylic oxidation sites excluding steroid dienone is 3. The molecule has 0 aliphatic carbocycles. The highest BCUT2D eigenvalue weighted by Gasteiger charge is 2.49. The Bertz CT molecular complexity index is 1380. The third kappa shape index (κ3) is 6.54. The number of hydrogen-bond acceptors (Lipinski definition) is 1. The number of hydrogen-bond donors (Lipinski definition) is 1. The molecule has 2 aromatic rings. The molecule has 0 spiro atoms. The summed E-state index contributed by atoms with van der Waals surface area (Å²) < 4.78 is 81.9. The quantitative estimate of drug-likeness (QED) is 0.294. The van der Waals surface area contributed by atoms with Crippen LogP contribution in [-0.2, 0) is 23.2 Å². The van der Waals surface area contributed by atoms with Crippen molar-refractivity contribution in [2.24, 2.45) is 11.8 Å². The summed E-state index contributed by atoms with van der Waals surface area (Å²) in [5, 5.41) is 0. The Morgan fingerprint density at radius 2 is 1.37 bits per heavy atom. The van der Waals surface area contributed by atoms with Gasteiger partial charge in [-0.2, -0.15) is 26.3 Å². The Morgan fingerprint density at radius 3 is 1.93 bits per heavy atom. The van der Waals surface area contributed by atoms with Gasteiger partial charge in [0.25, 0.3) is 0 Å². The lowest BCUT2D eigenvalue weighted by molar-refractivity contribution is -0.851. The van der Waals surface area contributed by atoms with Crippen LogP contribution >= 0.6 is 0 Å². The molecule has 4 rings (SSSR count). The largest absolute Gasteiger partial charge is 0.416 e. The maximum atomic E-state index is 13.7. The first-order valence-corrected chi connectivity index (χ1v) is 15.2. The van der Waals surface area contributed by atoms with Crippen LogP contribution in [0.25, 0.3) is 0 Å². The SMILES string of the molecule is CC(C)CCN1C(=CC=CC2[NH+](CCC(C)C)c3ccc(C(F)(F)F)cc3C2(C)C)C(C)(C)c2cc(C(F)(F)F)ccc21. The first-order chi connectivity index (χ1) is 19.8. The molecule has 2 aliphatic heterocycles. The molecule has 1 N–H and O–H groups in total. The van der Waals surface area contributed by atoms with Crippen molar-refractivity contribution in [3.05, 3.63) is 82.6 Å². The van der Waals surface area contributed by atoms with Gasteiger partial charge in [0.1, 0.15) is 11.7 Å². The maximum Gasteiger partial charge on any atom is 0.416 e. The monoisotopic (exact) mass is 607 g/mol. The van der Waals surface area contributed by atoms with Crippen molar-refractivity contribution in [1.82, 2.24) is 0 Å².